The molecule has 3 nitrogen and oxygen atoms in total. The van der Waals surface area contributed by atoms with E-state index in [0.717, 1.165) is 6.42 Å². The van der Waals surface area contributed by atoms with Gasteiger partial charge in [-0.2, -0.15) is 0 Å². The van der Waals surface area contributed by atoms with Gasteiger partial charge in [-0.3, -0.25) is 4.79 Å². The van der Waals surface area contributed by atoms with Crippen LogP contribution >= 0.6 is 11.8 Å². The molecule has 0 aromatic heterocycles. The van der Waals surface area contributed by atoms with Gasteiger partial charge in [0.05, 0.1) is 11.9 Å². The lowest BCUT2D eigenvalue weighted by molar-refractivity contribution is -0.130. The van der Waals surface area contributed by atoms with Gasteiger partial charge in [0.25, 0.3) is 0 Å². The predicted molar refractivity (Wildman–Crippen MR) is 55.9 cm³/mol. The van der Waals surface area contributed by atoms with Gasteiger partial charge in [0.1, 0.15) is 0 Å². The van der Waals surface area contributed by atoms with Gasteiger partial charge in [-0.05, 0) is 11.3 Å². The fourth-order valence-corrected chi connectivity index (χ4v) is 1.80. The summed E-state index contributed by atoms with van der Waals surface area (Å²) in [6, 6.07) is -0.353. The summed E-state index contributed by atoms with van der Waals surface area (Å²) in [7, 11) is 0. The molecule has 0 aromatic carbocycles. The second-order valence-corrected chi connectivity index (χ2v) is 4.16. The largest absolute Gasteiger partial charge is 0.320 e. The Hall–Kier alpha value is -0.480. The highest BCUT2D eigenvalue weighted by Crippen LogP contribution is 2.17. The Kier molecular flexibility index (Phi) is 3.81. The third kappa shape index (κ3) is 2.48. The van der Waals surface area contributed by atoms with E-state index in [0.29, 0.717) is 5.88 Å². The summed E-state index contributed by atoms with van der Waals surface area (Å²) in [5.41, 5.74) is 5.82. The van der Waals surface area contributed by atoms with E-state index in [-0.39, 0.29) is 17.9 Å². The van der Waals surface area contributed by atoms with E-state index in [1.54, 1.807) is 22.9 Å². The van der Waals surface area contributed by atoms with Crippen LogP contribution in [0.25, 0.3) is 0 Å². The van der Waals surface area contributed by atoms with Gasteiger partial charge >= 0.3 is 0 Å². The molecule has 0 aliphatic carbocycles. The van der Waals surface area contributed by atoms with Crippen molar-refractivity contribution < 1.29 is 4.79 Å². The molecular formula is C9H16N2OS. The first kappa shape index (κ1) is 10.6. The first-order valence-corrected chi connectivity index (χ1v) is 5.56. The molecule has 1 amide bonds. The molecule has 0 aromatic rings. The molecule has 0 unspecified atom stereocenters. The molecule has 0 saturated carbocycles. The van der Waals surface area contributed by atoms with Gasteiger partial charge in [0, 0.05) is 6.20 Å². The first-order valence-electron chi connectivity index (χ1n) is 4.51. The summed E-state index contributed by atoms with van der Waals surface area (Å²) in [5, 5.41) is 1.92. The number of amides is 1. The minimum Gasteiger partial charge on any atom is -0.320 e. The number of thioether (sulfide) groups is 1. The topological polar surface area (TPSA) is 46.3 Å². The molecule has 1 aliphatic heterocycles. The van der Waals surface area contributed by atoms with Gasteiger partial charge in [-0.15, -0.1) is 11.8 Å². The highest BCUT2D eigenvalue weighted by molar-refractivity contribution is 8.02. The first-order chi connectivity index (χ1) is 6.16. The lowest BCUT2D eigenvalue weighted by atomic mass is 9.99. The van der Waals surface area contributed by atoms with Crippen molar-refractivity contribution in [2.75, 3.05) is 5.88 Å². The van der Waals surface area contributed by atoms with Gasteiger partial charge in [0.2, 0.25) is 5.91 Å². The molecular weight excluding hydrogens is 184 g/mol. The third-order valence-electron chi connectivity index (χ3n) is 2.38. The number of carbonyl (C=O) groups is 1. The molecule has 0 spiro atoms. The van der Waals surface area contributed by atoms with E-state index >= 15 is 0 Å². The minimum atomic E-state index is -0.353. The van der Waals surface area contributed by atoms with E-state index in [1.165, 1.54) is 0 Å². The standard InChI is InChI=1S/C9H16N2OS/c1-3-7(2)8(10)9(12)11-4-5-13-6-11/h4-5,7-8H,3,6,10H2,1-2H3/t7-,8-/m0/s1. The number of carbonyl (C=O) groups excluding carboxylic acids is 1. The molecule has 0 saturated heterocycles. The van der Waals surface area contributed by atoms with Crippen LogP contribution in [0.3, 0.4) is 0 Å². The van der Waals surface area contributed by atoms with Crippen molar-refractivity contribution in [2.45, 2.75) is 26.3 Å². The molecule has 2 N–H and O–H groups in total. The van der Waals surface area contributed by atoms with Crippen LogP contribution in [-0.4, -0.2) is 22.7 Å². The highest BCUT2D eigenvalue weighted by atomic mass is 32.2. The van der Waals surface area contributed by atoms with Crippen LogP contribution in [0.5, 0.6) is 0 Å². The van der Waals surface area contributed by atoms with E-state index in [1.807, 2.05) is 19.3 Å². The Labute approximate surface area is 83.3 Å². The van der Waals surface area contributed by atoms with Crippen molar-refractivity contribution in [3.63, 3.8) is 0 Å². The summed E-state index contributed by atoms with van der Waals surface area (Å²) < 4.78 is 0. The Morgan fingerprint density at radius 3 is 2.92 bits per heavy atom. The van der Waals surface area contributed by atoms with E-state index in [2.05, 4.69) is 0 Å². The van der Waals surface area contributed by atoms with Crippen molar-refractivity contribution in [2.24, 2.45) is 11.7 Å². The molecule has 13 heavy (non-hydrogen) atoms. The highest BCUT2D eigenvalue weighted by Gasteiger charge is 2.24. The summed E-state index contributed by atoms with van der Waals surface area (Å²) in [6.07, 6.45) is 2.74. The predicted octanol–water partition coefficient (Wildman–Crippen LogP) is 1.36. The fraction of sp³-hybridized carbons (Fsp3) is 0.667. The van der Waals surface area contributed by atoms with Gasteiger partial charge in [0.15, 0.2) is 0 Å². The number of nitrogens with two attached hydrogens (primary N) is 1. The van der Waals surface area contributed by atoms with Crippen LogP contribution in [-0.2, 0) is 4.79 Å². The fourth-order valence-electron chi connectivity index (χ4n) is 1.11. The van der Waals surface area contributed by atoms with Gasteiger partial charge in [-0.1, -0.05) is 20.3 Å². The lowest BCUT2D eigenvalue weighted by Crippen LogP contribution is -2.44. The zero-order valence-electron chi connectivity index (χ0n) is 8.06. The summed E-state index contributed by atoms with van der Waals surface area (Å²) >= 11 is 1.62. The molecule has 1 aliphatic rings. The molecule has 2 atom stereocenters. The average Bonchev–Trinajstić information content (AvgIpc) is 2.67. The number of hydrogen-bond donors (Lipinski definition) is 1. The van der Waals surface area contributed by atoms with Crippen molar-refractivity contribution in [1.29, 1.82) is 0 Å². The van der Waals surface area contributed by atoms with E-state index in [4.69, 9.17) is 5.73 Å². The van der Waals surface area contributed by atoms with E-state index in [9.17, 15) is 4.79 Å². The molecule has 1 heterocycles. The van der Waals surface area contributed by atoms with E-state index < -0.39 is 0 Å². The smallest absolute Gasteiger partial charge is 0.244 e. The Bertz CT molecular complexity index is 218. The molecule has 1 rings (SSSR count). The van der Waals surface area contributed by atoms with Crippen LogP contribution in [0.4, 0.5) is 0 Å². The Morgan fingerprint density at radius 2 is 2.46 bits per heavy atom. The van der Waals surface area contributed by atoms with Gasteiger partial charge < -0.3 is 10.6 Å². The summed E-state index contributed by atoms with van der Waals surface area (Å²) in [4.78, 5) is 13.4. The van der Waals surface area contributed by atoms with Crippen LogP contribution in [0, 0.1) is 5.92 Å². The Morgan fingerprint density at radius 1 is 1.77 bits per heavy atom. The number of rotatable bonds is 3. The maximum atomic E-state index is 11.7. The second kappa shape index (κ2) is 4.67. The van der Waals surface area contributed by atoms with Crippen molar-refractivity contribution in [3.05, 3.63) is 11.6 Å². The lowest BCUT2D eigenvalue weighted by Gasteiger charge is -2.22. The van der Waals surface area contributed by atoms with Crippen molar-refractivity contribution >= 4 is 17.7 Å². The second-order valence-electron chi connectivity index (χ2n) is 3.30. The molecule has 0 bridgehead atoms. The summed E-state index contributed by atoms with van der Waals surface area (Å²) in [5.74, 6) is 1.00. The SMILES string of the molecule is CC[C@H](C)[C@H](N)C(=O)N1C=CSC1. The van der Waals surface area contributed by atoms with Gasteiger partial charge in [-0.25, -0.2) is 0 Å². The molecule has 0 radical (unpaired) electrons. The maximum absolute atomic E-state index is 11.7. The van der Waals surface area contributed by atoms with Crippen LogP contribution in [0.2, 0.25) is 0 Å². The van der Waals surface area contributed by atoms with Crippen LogP contribution in [0.1, 0.15) is 20.3 Å². The van der Waals surface area contributed by atoms with Crippen LogP contribution < -0.4 is 5.73 Å². The zero-order valence-corrected chi connectivity index (χ0v) is 8.88. The summed E-state index contributed by atoms with van der Waals surface area (Å²) in [6.45, 7) is 4.06. The minimum absolute atomic E-state index is 0.0376. The Balaban J connectivity index is 2.51. The van der Waals surface area contributed by atoms with Crippen LogP contribution in [0.15, 0.2) is 11.6 Å². The van der Waals surface area contributed by atoms with Crippen molar-refractivity contribution in [3.8, 4) is 0 Å². The average molecular weight is 200 g/mol. The zero-order chi connectivity index (χ0) is 9.84. The number of hydrogen-bond acceptors (Lipinski definition) is 3. The molecule has 74 valence electrons. The molecule has 4 heteroatoms. The van der Waals surface area contributed by atoms with Crippen molar-refractivity contribution in [1.82, 2.24) is 4.90 Å². The quantitative estimate of drug-likeness (QED) is 0.748. The third-order valence-corrected chi connectivity index (χ3v) is 3.12. The molecule has 0 fully saturated rings. The normalized spacial score (nSPS) is 20.4. The monoisotopic (exact) mass is 200 g/mol. The maximum Gasteiger partial charge on any atom is 0.244 e. The number of nitrogens with zero attached hydrogens (tertiary/aromatic N) is 1.